The molecule has 1 atom stereocenters. The SMILES string of the molecule is CCOc1ccc(N2C(=O)CC(N(C(=O)c3ccc(Cl)c([N+](=O)[O-])c3)C3CC3)C2=O)cc1. The molecule has 0 bridgehead atoms. The van der Waals surface area contributed by atoms with E-state index in [1.807, 2.05) is 6.92 Å². The molecule has 2 aliphatic rings. The third-order valence-electron chi connectivity index (χ3n) is 5.43. The van der Waals surface area contributed by atoms with Crippen LogP contribution < -0.4 is 9.64 Å². The normalized spacial score (nSPS) is 18.1. The summed E-state index contributed by atoms with van der Waals surface area (Å²) in [6.45, 7) is 2.34. The van der Waals surface area contributed by atoms with Gasteiger partial charge in [0.25, 0.3) is 17.5 Å². The van der Waals surface area contributed by atoms with Crippen LogP contribution in [0.1, 0.15) is 36.5 Å². The van der Waals surface area contributed by atoms with Gasteiger partial charge in [0.1, 0.15) is 16.8 Å². The summed E-state index contributed by atoms with van der Waals surface area (Å²) in [5.74, 6) is -0.828. The smallest absolute Gasteiger partial charge is 0.288 e. The quantitative estimate of drug-likeness (QED) is 0.357. The van der Waals surface area contributed by atoms with Crippen LogP contribution in [0.5, 0.6) is 5.75 Å². The number of hydrogen-bond donors (Lipinski definition) is 0. The number of amides is 3. The highest BCUT2D eigenvalue weighted by Gasteiger charge is 2.49. The molecule has 2 aromatic carbocycles. The molecular weight excluding hydrogens is 438 g/mol. The summed E-state index contributed by atoms with van der Waals surface area (Å²) in [6, 6.07) is 9.19. The second-order valence-electron chi connectivity index (χ2n) is 7.58. The maximum Gasteiger partial charge on any atom is 0.288 e. The summed E-state index contributed by atoms with van der Waals surface area (Å²) >= 11 is 5.86. The molecule has 1 aliphatic heterocycles. The molecule has 1 heterocycles. The first kappa shape index (κ1) is 21.8. The van der Waals surface area contributed by atoms with Crippen LogP contribution in [0.2, 0.25) is 5.02 Å². The highest BCUT2D eigenvalue weighted by atomic mass is 35.5. The fourth-order valence-corrected chi connectivity index (χ4v) is 4.00. The van der Waals surface area contributed by atoms with E-state index < -0.39 is 34.4 Å². The van der Waals surface area contributed by atoms with Crippen LogP contribution in [0.25, 0.3) is 0 Å². The van der Waals surface area contributed by atoms with Crippen molar-refractivity contribution >= 4 is 40.7 Å². The van der Waals surface area contributed by atoms with Gasteiger partial charge in [0, 0.05) is 17.7 Å². The summed E-state index contributed by atoms with van der Waals surface area (Å²) in [7, 11) is 0. The van der Waals surface area contributed by atoms with Crippen molar-refractivity contribution in [1.82, 2.24) is 4.90 Å². The highest BCUT2D eigenvalue weighted by molar-refractivity contribution is 6.32. The van der Waals surface area contributed by atoms with Crippen LogP contribution in [0.3, 0.4) is 0 Å². The molecule has 10 heteroatoms. The minimum atomic E-state index is -0.969. The van der Waals surface area contributed by atoms with Crippen molar-refractivity contribution in [2.24, 2.45) is 0 Å². The molecule has 4 rings (SSSR count). The molecule has 3 amide bonds. The predicted molar refractivity (Wildman–Crippen MR) is 116 cm³/mol. The molecule has 0 spiro atoms. The number of imide groups is 1. The zero-order valence-corrected chi connectivity index (χ0v) is 17.9. The first-order chi connectivity index (χ1) is 15.3. The van der Waals surface area contributed by atoms with Gasteiger partial charge in [0.05, 0.1) is 23.6 Å². The Balaban J connectivity index is 1.61. The molecular formula is C22H20ClN3O6. The molecule has 0 aromatic heterocycles. The number of nitro benzene ring substituents is 1. The second-order valence-corrected chi connectivity index (χ2v) is 7.99. The molecule has 2 aromatic rings. The topological polar surface area (TPSA) is 110 Å². The lowest BCUT2D eigenvalue weighted by molar-refractivity contribution is -0.384. The van der Waals surface area contributed by atoms with E-state index in [1.54, 1.807) is 24.3 Å². The van der Waals surface area contributed by atoms with E-state index in [0.29, 0.717) is 30.9 Å². The second kappa shape index (κ2) is 8.58. The fraction of sp³-hybridized carbons (Fsp3) is 0.318. The summed E-state index contributed by atoms with van der Waals surface area (Å²) in [5, 5.41) is 11.1. The summed E-state index contributed by atoms with van der Waals surface area (Å²) in [4.78, 5) is 52.2. The number of halogens is 1. The van der Waals surface area contributed by atoms with E-state index in [-0.39, 0.29) is 23.0 Å². The highest BCUT2D eigenvalue weighted by Crippen LogP contribution is 2.36. The largest absolute Gasteiger partial charge is 0.494 e. The number of nitrogens with zero attached hydrogens (tertiary/aromatic N) is 3. The monoisotopic (exact) mass is 457 g/mol. The van der Waals surface area contributed by atoms with Crippen LogP contribution >= 0.6 is 11.6 Å². The Morgan fingerprint density at radius 3 is 2.50 bits per heavy atom. The van der Waals surface area contributed by atoms with Crippen LogP contribution in [0, 0.1) is 10.1 Å². The number of ether oxygens (including phenoxy) is 1. The third kappa shape index (κ3) is 4.03. The number of carbonyl (C=O) groups is 3. The number of hydrogen-bond acceptors (Lipinski definition) is 6. The molecule has 2 fully saturated rings. The zero-order valence-electron chi connectivity index (χ0n) is 17.2. The van der Waals surface area contributed by atoms with Gasteiger partial charge in [0.15, 0.2) is 0 Å². The number of carbonyl (C=O) groups excluding carboxylic acids is 3. The van der Waals surface area contributed by atoms with Crippen molar-refractivity contribution in [1.29, 1.82) is 0 Å². The maximum absolute atomic E-state index is 13.3. The van der Waals surface area contributed by atoms with E-state index in [2.05, 4.69) is 0 Å². The minimum absolute atomic E-state index is 0.0489. The Labute approximate surface area is 188 Å². The van der Waals surface area contributed by atoms with E-state index in [9.17, 15) is 24.5 Å². The summed E-state index contributed by atoms with van der Waals surface area (Å²) in [5.41, 5.74) is 0.0575. The Morgan fingerprint density at radius 2 is 1.91 bits per heavy atom. The van der Waals surface area contributed by atoms with Gasteiger partial charge in [-0.05, 0) is 56.2 Å². The van der Waals surface area contributed by atoms with Gasteiger partial charge in [-0.1, -0.05) is 11.6 Å². The Kier molecular flexibility index (Phi) is 5.84. The van der Waals surface area contributed by atoms with Crippen LogP contribution in [-0.2, 0) is 9.59 Å². The Bertz CT molecular complexity index is 1100. The third-order valence-corrected chi connectivity index (χ3v) is 5.75. The molecule has 0 radical (unpaired) electrons. The van der Waals surface area contributed by atoms with Crippen molar-refractivity contribution in [2.75, 3.05) is 11.5 Å². The average Bonchev–Trinajstić information content (AvgIpc) is 3.55. The van der Waals surface area contributed by atoms with Gasteiger partial charge in [-0.15, -0.1) is 0 Å². The van der Waals surface area contributed by atoms with Crippen LogP contribution in [-0.4, -0.2) is 46.2 Å². The standard InChI is InChI=1S/C22H20ClN3O6/c1-2-32-16-8-6-15(7-9-16)25-20(27)12-19(22(25)29)24(14-4-5-14)21(28)13-3-10-17(23)18(11-13)26(30)31/h3,6-11,14,19H,2,4-5,12H2,1H3. The van der Waals surface area contributed by atoms with E-state index in [1.165, 1.54) is 17.0 Å². The first-order valence-electron chi connectivity index (χ1n) is 10.2. The predicted octanol–water partition coefficient (Wildman–Crippen LogP) is 3.58. The average molecular weight is 458 g/mol. The van der Waals surface area contributed by atoms with E-state index in [4.69, 9.17) is 16.3 Å². The Hall–Kier alpha value is -3.46. The number of anilines is 1. The minimum Gasteiger partial charge on any atom is -0.494 e. The van der Waals surface area contributed by atoms with Gasteiger partial charge in [-0.25, -0.2) is 4.90 Å². The van der Waals surface area contributed by atoms with Gasteiger partial charge in [-0.2, -0.15) is 0 Å². The van der Waals surface area contributed by atoms with Crippen molar-refractivity contribution in [2.45, 2.75) is 38.3 Å². The number of nitro groups is 1. The molecule has 166 valence electrons. The van der Waals surface area contributed by atoms with Gasteiger partial charge < -0.3 is 9.64 Å². The fourth-order valence-electron chi connectivity index (χ4n) is 3.81. The van der Waals surface area contributed by atoms with Crippen molar-refractivity contribution in [3.05, 3.63) is 63.2 Å². The lowest BCUT2D eigenvalue weighted by Gasteiger charge is -2.27. The number of benzene rings is 2. The van der Waals surface area contributed by atoms with Crippen molar-refractivity contribution in [3.63, 3.8) is 0 Å². The lowest BCUT2D eigenvalue weighted by atomic mass is 10.1. The molecule has 1 saturated carbocycles. The van der Waals surface area contributed by atoms with Gasteiger partial charge >= 0.3 is 0 Å². The molecule has 32 heavy (non-hydrogen) atoms. The van der Waals surface area contributed by atoms with Crippen LogP contribution in [0.15, 0.2) is 42.5 Å². The number of rotatable bonds is 7. The maximum atomic E-state index is 13.3. The van der Waals surface area contributed by atoms with Crippen molar-refractivity contribution < 1.29 is 24.0 Å². The molecule has 9 nitrogen and oxygen atoms in total. The Morgan fingerprint density at radius 1 is 1.22 bits per heavy atom. The zero-order chi connectivity index (χ0) is 23.0. The van der Waals surface area contributed by atoms with E-state index in [0.717, 1.165) is 11.0 Å². The summed E-state index contributed by atoms with van der Waals surface area (Å²) in [6.07, 6.45) is 1.24. The molecule has 0 N–H and O–H groups in total. The van der Waals surface area contributed by atoms with Crippen molar-refractivity contribution in [3.8, 4) is 5.75 Å². The lowest BCUT2D eigenvalue weighted by Crippen LogP contribution is -2.46. The van der Waals surface area contributed by atoms with Crippen LogP contribution in [0.4, 0.5) is 11.4 Å². The molecule has 1 unspecified atom stereocenters. The van der Waals surface area contributed by atoms with Gasteiger partial charge in [-0.3, -0.25) is 24.5 Å². The first-order valence-corrected chi connectivity index (χ1v) is 10.6. The van der Waals surface area contributed by atoms with E-state index >= 15 is 0 Å². The molecule has 1 saturated heterocycles. The summed E-state index contributed by atoms with van der Waals surface area (Å²) < 4.78 is 5.39. The molecule has 1 aliphatic carbocycles. The van der Waals surface area contributed by atoms with Gasteiger partial charge in [0.2, 0.25) is 5.91 Å².